The fourth-order valence-corrected chi connectivity index (χ4v) is 4.46. The summed E-state index contributed by atoms with van der Waals surface area (Å²) in [7, 11) is 0. The number of anilines is 2. The molecule has 1 fully saturated rings. The van der Waals surface area contributed by atoms with Gasteiger partial charge < -0.3 is 25.0 Å². The molecule has 2 aliphatic heterocycles. The van der Waals surface area contributed by atoms with Gasteiger partial charge in [0.05, 0.1) is 31.6 Å². The molecule has 172 valence electrons. The summed E-state index contributed by atoms with van der Waals surface area (Å²) in [5, 5.41) is 5.56. The number of ether oxygens (including phenoxy) is 2. The number of aromatic nitrogens is 2. The van der Waals surface area contributed by atoms with E-state index in [1.807, 2.05) is 31.2 Å². The molecular formula is C24H33N5O3. The van der Waals surface area contributed by atoms with Crippen LogP contribution in [0.2, 0.25) is 0 Å². The van der Waals surface area contributed by atoms with Gasteiger partial charge in [-0.3, -0.25) is 0 Å². The molecule has 1 aromatic heterocycles. The van der Waals surface area contributed by atoms with E-state index in [1.54, 1.807) is 0 Å². The predicted molar refractivity (Wildman–Crippen MR) is 125 cm³/mol. The molecule has 2 aromatic rings. The Morgan fingerprint density at radius 1 is 1.25 bits per heavy atom. The largest absolute Gasteiger partial charge is 0.377 e. The zero-order valence-electron chi connectivity index (χ0n) is 19.4. The van der Waals surface area contributed by atoms with Crippen molar-refractivity contribution in [1.82, 2.24) is 15.3 Å². The fourth-order valence-electron chi connectivity index (χ4n) is 4.46. The van der Waals surface area contributed by atoms with Crippen LogP contribution >= 0.6 is 0 Å². The number of fused-ring (bicyclic) bond motifs is 1. The van der Waals surface area contributed by atoms with Crippen LogP contribution in [0.5, 0.6) is 0 Å². The molecule has 0 unspecified atom stereocenters. The Balaban J connectivity index is 1.72. The fraction of sp³-hybridized carbons (Fsp3) is 0.542. The van der Waals surface area contributed by atoms with Gasteiger partial charge >= 0.3 is 6.03 Å². The maximum Gasteiger partial charge on any atom is 0.319 e. The van der Waals surface area contributed by atoms with Crippen LogP contribution in [0.3, 0.4) is 0 Å². The molecular weight excluding hydrogens is 406 g/mol. The number of benzene rings is 1. The summed E-state index contributed by atoms with van der Waals surface area (Å²) >= 11 is 0. The first kappa shape index (κ1) is 22.5. The number of carbonyl (C=O) groups is 1. The van der Waals surface area contributed by atoms with Crippen molar-refractivity contribution in [2.75, 3.05) is 36.5 Å². The molecule has 1 aromatic carbocycles. The molecule has 0 saturated carbocycles. The van der Waals surface area contributed by atoms with Crippen molar-refractivity contribution in [2.24, 2.45) is 0 Å². The van der Waals surface area contributed by atoms with E-state index in [2.05, 4.69) is 36.3 Å². The molecule has 32 heavy (non-hydrogen) atoms. The lowest BCUT2D eigenvalue weighted by molar-refractivity contribution is -0.0321. The molecule has 0 spiro atoms. The summed E-state index contributed by atoms with van der Waals surface area (Å²) in [5.41, 5.74) is 3.30. The Hall–Kier alpha value is -2.71. The summed E-state index contributed by atoms with van der Waals surface area (Å²) in [5.74, 6) is 1.62. The Bertz CT molecular complexity index is 965. The van der Waals surface area contributed by atoms with Gasteiger partial charge in [0.1, 0.15) is 11.4 Å². The SMILES string of the molecule is CCC[C@]1(C)OCc2c(N3CCOC[C@@H]3C)nc(-c3ccc(NC(=O)NCC)cc3)nc21. The molecule has 2 N–H and O–H groups in total. The topological polar surface area (TPSA) is 88.6 Å². The predicted octanol–water partition coefficient (Wildman–Crippen LogP) is 4.06. The van der Waals surface area contributed by atoms with Gasteiger partial charge in [-0.25, -0.2) is 14.8 Å². The number of nitrogens with zero attached hydrogens (tertiary/aromatic N) is 3. The van der Waals surface area contributed by atoms with Gasteiger partial charge in [-0.05, 0) is 51.5 Å². The number of carbonyl (C=O) groups excluding carboxylic acids is 1. The molecule has 4 rings (SSSR count). The lowest BCUT2D eigenvalue weighted by atomic mass is 9.94. The monoisotopic (exact) mass is 439 g/mol. The van der Waals surface area contributed by atoms with Crippen molar-refractivity contribution in [3.63, 3.8) is 0 Å². The smallest absolute Gasteiger partial charge is 0.319 e. The van der Waals surface area contributed by atoms with E-state index >= 15 is 0 Å². The first-order valence-electron chi connectivity index (χ1n) is 11.5. The summed E-state index contributed by atoms with van der Waals surface area (Å²) in [6.07, 6.45) is 1.92. The van der Waals surface area contributed by atoms with E-state index in [4.69, 9.17) is 19.4 Å². The lowest BCUT2D eigenvalue weighted by Crippen LogP contribution is -2.44. The molecule has 2 aliphatic rings. The van der Waals surface area contributed by atoms with Gasteiger partial charge in [-0.15, -0.1) is 0 Å². The number of amides is 2. The second-order valence-electron chi connectivity index (χ2n) is 8.65. The van der Waals surface area contributed by atoms with Crippen LogP contribution in [0, 0.1) is 0 Å². The standard InChI is InChI=1S/C24H33N5O3/c1-5-11-24(4)20-19(15-32-24)22(29-12-13-31-14-16(29)3)28-21(27-20)17-7-9-18(10-8-17)26-23(30)25-6-2/h7-10,16H,5-6,11-15H2,1-4H3,(H2,25,26,30)/t16-,24-/m0/s1. The highest BCUT2D eigenvalue weighted by molar-refractivity contribution is 5.89. The van der Waals surface area contributed by atoms with Crippen molar-refractivity contribution in [3.05, 3.63) is 35.5 Å². The number of hydrogen-bond acceptors (Lipinski definition) is 6. The summed E-state index contributed by atoms with van der Waals surface area (Å²) in [6, 6.07) is 7.66. The summed E-state index contributed by atoms with van der Waals surface area (Å²) in [6.45, 7) is 11.6. The minimum absolute atomic E-state index is 0.217. The van der Waals surface area contributed by atoms with Crippen LogP contribution in [-0.2, 0) is 21.7 Å². The number of nitrogens with one attached hydrogen (secondary N) is 2. The Morgan fingerprint density at radius 3 is 2.72 bits per heavy atom. The second kappa shape index (κ2) is 9.42. The number of morpholine rings is 1. The highest BCUT2D eigenvalue weighted by Crippen LogP contribution is 2.43. The van der Waals surface area contributed by atoms with Crippen molar-refractivity contribution in [3.8, 4) is 11.4 Å². The van der Waals surface area contributed by atoms with E-state index in [-0.39, 0.29) is 12.1 Å². The van der Waals surface area contributed by atoms with E-state index in [0.29, 0.717) is 32.2 Å². The molecule has 1 saturated heterocycles. The van der Waals surface area contributed by atoms with Gasteiger partial charge in [0.25, 0.3) is 0 Å². The minimum atomic E-state index is -0.411. The zero-order chi connectivity index (χ0) is 22.7. The molecule has 0 aliphatic carbocycles. The quantitative estimate of drug-likeness (QED) is 0.706. The Labute approximate surface area is 189 Å². The molecule has 2 atom stereocenters. The highest BCUT2D eigenvalue weighted by Gasteiger charge is 2.40. The lowest BCUT2D eigenvalue weighted by Gasteiger charge is -2.35. The van der Waals surface area contributed by atoms with Crippen LogP contribution in [0.1, 0.15) is 51.8 Å². The van der Waals surface area contributed by atoms with E-state index < -0.39 is 5.60 Å². The Morgan fingerprint density at radius 2 is 2.03 bits per heavy atom. The van der Waals surface area contributed by atoms with E-state index in [0.717, 1.165) is 47.7 Å². The normalized spacial score (nSPS) is 22.5. The summed E-state index contributed by atoms with van der Waals surface area (Å²) < 4.78 is 11.9. The van der Waals surface area contributed by atoms with Crippen molar-refractivity contribution >= 4 is 17.5 Å². The second-order valence-corrected chi connectivity index (χ2v) is 8.65. The molecule has 0 radical (unpaired) electrons. The van der Waals surface area contributed by atoms with Crippen LogP contribution < -0.4 is 15.5 Å². The van der Waals surface area contributed by atoms with Crippen molar-refractivity contribution in [2.45, 2.75) is 58.8 Å². The minimum Gasteiger partial charge on any atom is -0.377 e. The molecule has 8 nitrogen and oxygen atoms in total. The molecule has 0 bridgehead atoms. The maximum atomic E-state index is 11.8. The highest BCUT2D eigenvalue weighted by atomic mass is 16.5. The van der Waals surface area contributed by atoms with Gasteiger partial charge in [-0.2, -0.15) is 0 Å². The number of urea groups is 1. The average molecular weight is 440 g/mol. The number of hydrogen-bond donors (Lipinski definition) is 2. The van der Waals surface area contributed by atoms with Gasteiger partial charge in [0.2, 0.25) is 0 Å². The van der Waals surface area contributed by atoms with Gasteiger partial charge in [0, 0.05) is 29.9 Å². The third-order valence-corrected chi connectivity index (χ3v) is 6.13. The van der Waals surface area contributed by atoms with Crippen LogP contribution in [0.15, 0.2) is 24.3 Å². The van der Waals surface area contributed by atoms with E-state index in [9.17, 15) is 4.79 Å². The van der Waals surface area contributed by atoms with Crippen molar-refractivity contribution < 1.29 is 14.3 Å². The van der Waals surface area contributed by atoms with Gasteiger partial charge in [0.15, 0.2) is 5.82 Å². The van der Waals surface area contributed by atoms with Crippen LogP contribution in [0.25, 0.3) is 11.4 Å². The third kappa shape index (κ3) is 4.42. The summed E-state index contributed by atoms with van der Waals surface area (Å²) in [4.78, 5) is 24.1. The third-order valence-electron chi connectivity index (χ3n) is 6.13. The molecule has 8 heteroatoms. The molecule has 2 amide bonds. The zero-order valence-corrected chi connectivity index (χ0v) is 19.4. The maximum absolute atomic E-state index is 11.8. The first-order chi connectivity index (χ1) is 15.4. The van der Waals surface area contributed by atoms with E-state index in [1.165, 1.54) is 0 Å². The molecule has 3 heterocycles. The average Bonchev–Trinajstić information content (AvgIpc) is 3.11. The Kier molecular flexibility index (Phi) is 6.62. The first-order valence-corrected chi connectivity index (χ1v) is 11.5. The van der Waals surface area contributed by atoms with Crippen LogP contribution in [0.4, 0.5) is 16.3 Å². The van der Waals surface area contributed by atoms with Crippen LogP contribution in [-0.4, -0.2) is 48.3 Å². The number of rotatable bonds is 6. The van der Waals surface area contributed by atoms with Crippen molar-refractivity contribution in [1.29, 1.82) is 0 Å². The van der Waals surface area contributed by atoms with Gasteiger partial charge in [-0.1, -0.05) is 13.3 Å².